The third kappa shape index (κ3) is 3.45. The molecule has 4 nitrogen and oxygen atoms in total. The molecule has 3 rings (SSSR count). The summed E-state index contributed by atoms with van der Waals surface area (Å²) in [6.07, 6.45) is 0.921. The van der Waals surface area contributed by atoms with Crippen molar-refractivity contribution in [1.29, 1.82) is 0 Å². The second-order valence-corrected chi connectivity index (χ2v) is 6.91. The number of hydrogen-bond donors (Lipinski definition) is 1. The van der Waals surface area contributed by atoms with E-state index in [1.54, 1.807) is 18.4 Å². The van der Waals surface area contributed by atoms with Gasteiger partial charge in [0.15, 0.2) is 0 Å². The van der Waals surface area contributed by atoms with Gasteiger partial charge in [0.05, 0.1) is 12.5 Å². The Balaban J connectivity index is 1.74. The number of methoxy groups -OCH3 is 1. The van der Waals surface area contributed by atoms with E-state index in [-0.39, 0.29) is 0 Å². The number of benzene rings is 1. The van der Waals surface area contributed by atoms with E-state index in [0.29, 0.717) is 0 Å². The van der Waals surface area contributed by atoms with Crippen molar-refractivity contribution in [2.75, 3.05) is 19.0 Å². The lowest BCUT2D eigenvalue weighted by Gasteiger charge is -2.10. The quantitative estimate of drug-likeness (QED) is 0.760. The molecule has 0 unspecified atom stereocenters. The monoisotopic (exact) mass is 327 g/mol. The highest BCUT2D eigenvalue weighted by molar-refractivity contribution is 7.18. The molecule has 2 aromatic heterocycles. The maximum Gasteiger partial charge on any atom is 0.138 e. The molecule has 5 heteroatoms. The Bertz CT molecular complexity index is 842. The van der Waals surface area contributed by atoms with Gasteiger partial charge in [0.25, 0.3) is 0 Å². The zero-order valence-electron chi connectivity index (χ0n) is 13.9. The Morgan fingerprint density at radius 2 is 1.96 bits per heavy atom. The molecule has 0 aliphatic carbocycles. The first-order chi connectivity index (χ1) is 11.1. The molecule has 120 valence electrons. The lowest BCUT2D eigenvalue weighted by Crippen LogP contribution is -2.08. The van der Waals surface area contributed by atoms with Gasteiger partial charge < -0.3 is 10.1 Å². The summed E-state index contributed by atoms with van der Waals surface area (Å²) >= 11 is 1.71. The molecule has 3 aromatic rings. The summed E-state index contributed by atoms with van der Waals surface area (Å²) in [4.78, 5) is 11.4. The van der Waals surface area contributed by atoms with Crippen LogP contribution in [-0.2, 0) is 6.42 Å². The Morgan fingerprint density at radius 1 is 1.13 bits per heavy atom. The standard InChI is InChI=1S/C18H21N3OS/c1-11-5-6-14(10-16(11)22-4)7-8-19-17-15-9-12(2)23-18(15)21-13(3)20-17/h5-6,9-10H,7-8H2,1-4H3,(H,19,20,21). The van der Waals surface area contributed by atoms with Gasteiger partial charge in [-0.25, -0.2) is 9.97 Å². The number of ether oxygens (including phenoxy) is 1. The molecule has 0 radical (unpaired) electrons. The third-order valence-corrected chi connectivity index (χ3v) is 4.75. The number of aromatic nitrogens is 2. The number of rotatable bonds is 5. The molecule has 0 bridgehead atoms. The summed E-state index contributed by atoms with van der Waals surface area (Å²) in [5, 5.41) is 4.57. The molecular weight excluding hydrogens is 306 g/mol. The highest BCUT2D eigenvalue weighted by atomic mass is 32.1. The third-order valence-electron chi connectivity index (χ3n) is 3.81. The lowest BCUT2D eigenvalue weighted by molar-refractivity contribution is 0.411. The van der Waals surface area contributed by atoms with Crippen molar-refractivity contribution in [3.63, 3.8) is 0 Å². The van der Waals surface area contributed by atoms with E-state index in [0.717, 1.165) is 46.1 Å². The first-order valence-corrected chi connectivity index (χ1v) is 8.50. The summed E-state index contributed by atoms with van der Waals surface area (Å²) in [5.41, 5.74) is 2.41. The van der Waals surface area contributed by atoms with Crippen LogP contribution in [0.25, 0.3) is 10.2 Å². The van der Waals surface area contributed by atoms with Crippen molar-refractivity contribution in [3.05, 3.63) is 46.1 Å². The van der Waals surface area contributed by atoms with Crippen LogP contribution >= 0.6 is 11.3 Å². The molecule has 0 aliphatic heterocycles. The molecule has 2 heterocycles. The molecule has 0 spiro atoms. The van der Waals surface area contributed by atoms with Crippen LogP contribution in [0.2, 0.25) is 0 Å². The van der Waals surface area contributed by atoms with Crippen molar-refractivity contribution < 1.29 is 4.74 Å². The number of aryl methyl sites for hydroxylation is 3. The second-order valence-electron chi connectivity index (χ2n) is 5.68. The molecule has 0 aliphatic rings. The minimum atomic E-state index is 0.804. The maximum absolute atomic E-state index is 5.39. The van der Waals surface area contributed by atoms with Crippen LogP contribution in [-0.4, -0.2) is 23.6 Å². The van der Waals surface area contributed by atoms with Crippen molar-refractivity contribution in [1.82, 2.24) is 9.97 Å². The zero-order valence-corrected chi connectivity index (χ0v) is 14.8. The normalized spacial score (nSPS) is 11.0. The van der Waals surface area contributed by atoms with Crippen LogP contribution in [0.5, 0.6) is 5.75 Å². The van der Waals surface area contributed by atoms with Crippen molar-refractivity contribution >= 4 is 27.4 Å². The summed E-state index contributed by atoms with van der Waals surface area (Å²) in [6.45, 7) is 6.92. The zero-order chi connectivity index (χ0) is 16.4. The van der Waals surface area contributed by atoms with Crippen molar-refractivity contribution in [3.8, 4) is 5.75 Å². The summed E-state index contributed by atoms with van der Waals surface area (Å²) < 4.78 is 5.39. The van der Waals surface area contributed by atoms with Gasteiger partial charge in [-0.2, -0.15) is 0 Å². The first kappa shape index (κ1) is 15.7. The lowest BCUT2D eigenvalue weighted by atomic mass is 10.1. The number of thiophene rings is 1. The molecule has 0 amide bonds. The fourth-order valence-corrected chi connectivity index (χ4v) is 3.55. The van der Waals surface area contributed by atoms with Crippen molar-refractivity contribution in [2.24, 2.45) is 0 Å². The number of nitrogens with one attached hydrogen (secondary N) is 1. The van der Waals surface area contributed by atoms with Gasteiger partial charge in [-0.15, -0.1) is 11.3 Å². The molecule has 0 saturated carbocycles. The van der Waals surface area contributed by atoms with Crippen molar-refractivity contribution in [2.45, 2.75) is 27.2 Å². The summed E-state index contributed by atoms with van der Waals surface area (Å²) in [7, 11) is 1.71. The predicted octanol–water partition coefficient (Wildman–Crippen LogP) is 4.28. The van der Waals surface area contributed by atoms with E-state index >= 15 is 0 Å². The Hall–Kier alpha value is -2.14. The molecule has 1 N–H and O–H groups in total. The van der Waals surface area contributed by atoms with Crippen LogP contribution in [0.4, 0.5) is 5.82 Å². The van der Waals surface area contributed by atoms with Gasteiger partial charge in [-0.3, -0.25) is 0 Å². The number of hydrogen-bond acceptors (Lipinski definition) is 5. The number of anilines is 1. The minimum absolute atomic E-state index is 0.804. The fourth-order valence-electron chi connectivity index (χ4n) is 2.63. The van der Waals surface area contributed by atoms with Crippen LogP contribution < -0.4 is 10.1 Å². The number of nitrogens with zero attached hydrogens (tertiary/aromatic N) is 2. The van der Waals surface area contributed by atoms with Crippen LogP contribution in [0.3, 0.4) is 0 Å². The fraction of sp³-hybridized carbons (Fsp3) is 0.333. The summed E-state index contributed by atoms with van der Waals surface area (Å²) in [6, 6.07) is 8.50. The SMILES string of the molecule is COc1cc(CCNc2nc(C)nc3sc(C)cc23)ccc1C. The predicted molar refractivity (Wildman–Crippen MR) is 96.8 cm³/mol. The Labute approximate surface area is 140 Å². The molecular formula is C18H21N3OS. The molecule has 0 saturated heterocycles. The number of fused-ring (bicyclic) bond motifs is 1. The van der Waals surface area contributed by atoms with Gasteiger partial charge in [0.1, 0.15) is 22.2 Å². The highest BCUT2D eigenvalue weighted by Gasteiger charge is 2.08. The minimum Gasteiger partial charge on any atom is -0.496 e. The van der Waals surface area contributed by atoms with Crippen LogP contribution in [0, 0.1) is 20.8 Å². The van der Waals surface area contributed by atoms with Crippen LogP contribution in [0.1, 0.15) is 21.8 Å². The maximum atomic E-state index is 5.39. The Kier molecular flexibility index (Phi) is 4.48. The Morgan fingerprint density at radius 3 is 2.74 bits per heavy atom. The van der Waals surface area contributed by atoms with Gasteiger partial charge in [-0.05, 0) is 50.5 Å². The van der Waals surface area contributed by atoms with Gasteiger partial charge in [-0.1, -0.05) is 12.1 Å². The largest absolute Gasteiger partial charge is 0.496 e. The van der Waals surface area contributed by atoms with E-state index in [1.807, 2.05) is 6.92 Å². The van der Waals surface area contributed by atoms with E-state index in [9.17, 15) is 0 Å². The topological polar surface area (TPSA) is 47.0 Å². The summed E-state index contributed by atoms with van der Waals surface area (Å²) in [5.74, 6) is 2.67. The highest BCUT2D eigenvalue weighted by Crippen LogP contribution is 2.28. The van der Waals surface area contributed by atoms with Gasteiger partial charge >= 0.3 is 0 Å². The average molecular weight is 327 g/mol. The van der Waals surface area contributed by atoms with E-state index < -0.39 is 0 Å². The average Bonchev–Trinajstić information content (AvgIpc) is 2.89. The second kappa shape index (κ2) is 6.54. The van der Waals surface area contributed by atoms with Gasteiger partial charge in [0, 0.05) is 11.4 Å². The first-order valence-electron chi connectivity index (χ1n) is 7.69. The van der Waals surface area contributed by atoms with E-state index in [4.69, 9.17) is 4.74 Å². The molecule has 23 heavy (non-hydrogen) atoms. The van der Waals surface area contributed by atoms with Gasteiger partial charge in [0.2, 0.25) is 0 Å². The molecule has 0 fully saturated rings. The smallest absolute Gasteiger partial charge is 0.138 e. The van der Waals surface area contributed by atoms with Crippen LogP contribution in [0.15, 0.2) is 24.3 Å². The molecule has 0 atom stereocenters. The van der Waals surface area contributed by atoms with E-state index in [2.05, 4.69) is 53.4 Å². The van der Waals surface area contributed by atoms with E-state index in [1.165, 1.54) is 10.4 Å². The molecule has 1 aromatic carbocycles.